The van der Waals surface area contributed by atoms with E-state index in [1.165, 1.54) is 21.2 Å². The Morgan fingerprint density at radius 3 is 2.53 bits per heavy atom. The van der Waals surface area contributed by atoms with E-state index in [2.05, 4.69) is 30.3 Å². The average Bonchev–Trinajstić information content (AvgIpc) is 2.98. The molecule has 3 aromatic rings. The molecule has 1 aliphatic carbocycles. The van der Waals surface area contributed by atoms with Crippen LogP contribution >= 0.6 is 11.3 Å². The maximum Gasteiger partial charge on any atom is 0.174 e. The number of thiophene rings is 1. The van der Waals surface area contributed by atoms with E-state index in [0.29, 0.717) is 12.2 Å². The van der Waals surface area contributed by atoms with E-state index >= 15 is 0 Å². The highest BCUT2D eigenvalue weighted by atomic mass is 32.1. The van der Waals surface area contributed by atoms with E-state index in [0.717, 1.165) is 4.88 Å². The van der Waals surface area contributed by atoms with Crippen LogP contribution in [0.15, 0.2) is 54.6 Å². The van der Waals surface area contributed by atoms with Gasteiger partial charge in [0, 0.05) is 17.0 Å². The fourth-order valence-electron chi connectivity index (χ4n) is 2.97. The molecule has 0 radical (unpaired) electrons. The number of hydrogen-bond donors (Lipinski definition) is 0. The van der Waals surface area contributed by atoms with Gasteiger partial charge in [0.25, 0.3) is 0 Å². The number of rotatable bonds is 1. The van der Waals surface area contributed by atoms with E-state index in [4.69, 9.17) is 0 Å². The van der Waals surface area contributed by atoms with Gasteiger partial charge in [-0.25, -0.2) is 0 Å². The summed E-state index contributed by atoms with van der Waals surface area (Å²) in [6.45, 7) is 0. The largest absolute Gasteiger partial charge is 0.293 e. The van der Waals surface area contributed by atoms with Gasteiger partial charge in [-0.15, -0.1) is 11.3 Å². The molecule has 0 N–H and O–H groups in total. The number of benzene rings is 2. The van der Waals surface area contributed by atoms with Crippen LogP contribution < -0.4 is 0 Å². The lowest BCUT2D eigenvalue weighted by atomic mass is 9.92. The highest BCUT2D eigenvalue weighted by Crippen LogP contribution is 2.46. The first kappa shape index (κ1) is 10.9. The summed E-state index contributed by atoms with van der Waals surface area (Å²) in [7, 11) is 0. The first-order chi connectivity index (χ1) is 9.34. The number of fused-ring (bicyclic) bond motifs is 3. The van der Waals surface area contributed by atoms with Crippen molar-refractivity contribution in [3.05, 3.63) is 70.6 Å². The maximum atomic E-state index is 12.2. The Morgan fingerprint density at radius 2 is 1.68 bits per heavy atom. The predicted octanol–water partition coefficient (Wildman–Crippen LogP) is 4.62. The molecule has 0 saturated carbocycles. The van der Waals surface area contributed by atoms with Crippen LogP contribution in [0.5, 0.6) is 0 Å². The molecule has 2 heteroatoms. The Bertz CT molecular complexity index is 770. The van der Waals surface area contributed by atoms with Crippen molar-refractivity contribution in [2.24, 2.45) is 0 Å². The summed E-state index contributed by atoms with van der Waals surface area (Å²) in [6, 6.07) is 18.7. The quantitative estimate of drug-likeness (QED) is 0.626. The maximum absolute atomic E-state index is 12.2. The second-order valence-electron chi connectivity index (χ2n) is 4.93. The molecule has 1 heterocycles. The Labute approximate surface area is 115 Å². The van der Waals surface area contributed by atoms with Crippen molar-refractivity contribution in [1.82, 2.24) is 0 Å². The molecule has 1 aliphatic rings. The minimum atomic E-state index is 0.236. The molecule has 1 aromatic heterocycles. The Morgan fingerprint density at radius 1 is 0.947 bits per heavy atom. The third-order valence-electron chi connectivity index (χ3n) is 3.83. The van der Waals surface area contributed by atoms with Gasteiger partial charge in [0.05, 0.1) is 4.88 Å². The number of ketones is 1. The van der Waals surface area contributed by atoms with Gasteiger partial charge in [0.1, 0.15) is 0 Å². The number of carbonyl (C=O) groups is 1. The van der Waals surface area contributed by atoms with Gasteiger partial charge in [-0.2, -0.15) is 0 Å². The molecule has 19 heavy (non-hydrogen) atoms. The Hall–Kier alpha value is -1.93. The highest BCUT2D eigenvalue weighted by molar-refractivity contribution is 7.21. The lowest BCUT2D eigenvalue weighted by Gasteiger charge is -2.10. The zero-order chi connectivity index (χ0) is 12.8. The standard InChI is InChI=1S/C17H12OS/c18-14-10-13(11-6-2-1-3-7-11)16-12-8-4-5-9-15(12)19-17(14)16/h1-9,13H,10H2. The zero-order valence-electron chi connectivity index (χ0n) is 10.3. The van der Waals surface area contributed by atoms with Crippen LogP contribution in [-0.4, -0.2) is 5.78 Å². The summed E-state index contributed by atoms with van der Waals surface area (Å²) < 4.78 is 1.22. The minimum Gasteiger partial charge on any atom is -0.293 e. The van der Waals surface area contributed by atoms with Crippen molar-refractivity contribution in [1.29, 1.82) is 0 Å². The normalized spacial score (nSPS) is 17.9. The predicted molar refractivity (Wildman–Crippen MR) is 79.1 cm³/mol. The van der Waals surface area contributed by atoms with E-state index in [9.17, 15) is 4.79 Å². The molecule has 0 amide bonds. The number of hydrogen-bond acceptors (Lipinski definition) is 2. The molecule has 0 spiro atoms. The van der Waals surface area contributed by atoms with Crippen LogP contribution in [0, 0.1) is 0 Å². The monoisotopic (exact) mass is 264 g/mol. The van der Waals surface area contributed by atoms with Crippen LogP contribution in [-0.2, 0) is 0 Å². The SMILES string of the molecule is O=C1CC(c2ccccc2)c2c1sc1ccccc21. The number of Topliss-reactive ketones (excluding diaryl/α,β-unsaturated/α-hetero) is 1. The van der Waals surface area contributed by atoms with Crippen LogP contribution in [0.3, 0.4) is 0 Å². The van der Waals surface area contributed by atoms with Crippen molar-refractivity contribution in [3.63, 3.8) is 0 Å². The summed E-state index contributed by atoms with van der Waals surface area (Å²) in [4.78, 5) is 13.2. The highest BCUT2D eigenvalue weighted by Gasteiger charge is 2.34. The van der Waals surface area contributed by atoms with Crippen LogP contribution in [0.2, 0.25) is 0 Å². The van der Waals surface area contributed by atoms with Crippen molar-refractivity contribution in [2.45, 2.75) is 12.3 Å². The van der Waals surface area contributed by atoms with Crippen molar-refractivity contribution in [2.75, 3.05) is 0 Å². The molecule has 0 bridgehead atoms. The summed E-state index contributed by atoms with van der Waals surface area (Å²) in [6.07, 6.45) is 0.621. The molecule has 1 atom stereocenters. The summed E-state index contributed by atoms with van der Waals surface area (Å²) in [5.74, 6) is 0.532. The topological polar surface area (TPSA) is 17.1 Å². The third-order valence-corrected chi connectivity index (χ3v) is 5.05. The molecular weight excluding hydrogens is 252 g/mol. The van der Waals surface area contributed by atoms with Gasteiger partial charge in [-0.1, -0.05) is 48.5 Å². The lowest BCUT2D eigenvalue weighted by molar-refractivity contribution is 0.0994. The summed E-state index contributed by atoms with van der Waals surface area (Å²) >= 11 is 1.64. The fraction of sp³-hybridized carbons (Fsp3) is 0.118. The van der Waals surface area contributed by atoms with E-state index in [1.54, 1.807) is 11.3 Å². The lowest BCUT2D eigenvalue weighted by Crippen LogP contribution is -1.96. The van der Waals surface area contributed by atoms with E-state index in [1.807, 2.05) is 24.3 Å². The second kappa shape index (κ2) is 4.04. The molecule has 1 nitrogen and oxygen atoms in total. The Kier molecular flexibility index (Phi) is 2.32. The molecular formula is C17H12OS. The summed E-state index contributed by atoms with van der Waals surface area (Å²) in [5, 5.41) is 1.25. The first-order valence-electron chi connectivity index (χ1n) is 6.44. The summed E-state index contributed by atoms with van der Waals surface area (Å²) in [5.41, 5.74) is 2.50. The molecule has 0 aliphatic heterocycles. The molecule has 1 unspecified atom stereocenters. The van der Waals surface area contributed by atoms with Gasteiger partial charge in [0.15, 0.2) is 5.78 Å². The first-order valence-corrected chi connectivity index (χ1v) is 7.26. The van der Waals surface area contributed by atoms with E-state index < -0.39 is 0 Å². The number of carbonyl (C=O) groups excluding carboxylic acids is 1. The van der Waals surface area contributed by atoms with Crippen molar-refractivity contribution >= 4 is 27.2 Å². The zero-order valence-corrected chi connectivity index (χ0v) is 11.1. The van der Waals surface area contributed by atoms with Gasteiger partial charge in [-0.3, -0.25) is 4.79 Å². The Balaban J connectivity index is 1.98. The third kappa shape index (κ3) is 1.57. The molecule has 4 rings (SSSR count). The van der Waals surface area contributed by atoms with Crippen LogP contribution in [0.4, 0.5) is 0 Å². The van der Waals surface area contributed by atoms with Gasteiger partial charge in [-0.05, 0) is 22.6 Å². The average molecular weight is 264 g/mol. The van der Waals surface area contributed by atoms with Gasteiger partial charge >= 0.3 is 0 Å². The molecule has 2 aromatic carbocycles. The van der Waals surface area contributed by atoms with E-state index in [-0.39, 0.29) is 5.92 Å². The molecule has 0 saturated heterocycles. The van der Waals surface area contributed by atoms with Crippen molar-refractivity contribution < 1.29 is 4.79 Å². The van der Waals surface area contributed by atoms with Gasteiger partial charge < -0.3 is 0 Å². The van der Waals surface area contributed by atoms with Crippen molar-refractivity contribution in [3.8, 4) is 0 Å². The second-order valence-corrected chi connectivity index (χ2v) is 5.98. The smallest absolute Gasteiger partial charge is 0.174 e. The molecule has 0 fully saturated rings. The fourth-order valence-corrected chi connectivity index (χ4v) is 4.18. The van der Waals surface area contributed by atoms with Gasteiger partial charge in [0.2, 0.25) is 0 Å². The van der Waals surface area contributed by atoms with Crippen LogP contribution in [0.1, 0.15) is 33.1 Å². The van der Waals surface area contributed by atoms with Crippen LogP contribution in [0.25, 0.3) is 10.1 Å². The molecule has 92 valence electrons. The minimum absolute atomic E-state index is 0.236.